The summed E-state index contributed by atoms with van der Waals surface area (Å²) in [6.45, 7) is 4.79. The molecular formula is C22H20F2N4O3. The minimum atomic E-state index is -0.655. The van der Waals surface area contributed by atoms with Crippen molar-refractivity contribution in [3.8, 4) is 17.2 Å². The predicted molar refractivity (Wildman–Crippen MR) is 107 cm³/mol. The molecular weight excluding hydrogens is 406 g/mol. The van der Waals surface area contributed by atoms with Gasteiger partial charge in [0.05, 0.1) is 17.4 Å². The average molecular weight is 426 g/mol. The number of nitrogens with zero attached hydrogens (tertiary/aromatic N) is 4. The van der Waals surface area contributed by atoms with E-state index in [1.54, 1.807) is 35.6 Å². The Morgan fingerprint density at radius 3 is 2.71 bits per heavy atom. The van der Waals surface area contributed by atoms with Crippen LogP contribution < -0.4 is 9.47 Å². The van der Waals surface area contributed by atoms with Crippen LogP contribution in [0.4, 0.5) is 8.78 Å². The number of hydrogen-bond donors (Lipinski definition) is 0. The van der Waals surface area contributed by atoms with E-state index in [0.717, 1.165) is 6.07 Å². The van der Waals surface area contributed by atoms with Crippen molar-refractivity contribution in [3.63, 3.8) is 0 Å². The quantitative estimate of drug-likeness (QED) is 0.628. The van der Waals surface area contributed by atoms with E-state index in [0.29, 0.717) is 60.2 Å². The van der Waals surface area contributed by atoms with Crippen LogP contribution in [0.1, 0.15) is 40.3 Å². The predicted octanol–water partition coefficient (Wildman–Crippen LogP) is 3.38. The zero-order chi connectivity index (χ0) is 21.7. The molecule has 9 heteroatoms. The summed E-state index contributed by atoms with van der Waals surface area (Å²) in [6.07, 6.45) is 0.312. The first-order valence-corrected chi connectivity index (χ1v) is 10.0. The molecule has 2 aliphatic heterocycles. The number of amides is 1. The molecule has 31 heavy (non-hydrogen) atoms. The van der Waals surface area contributed by atoms with E-state index < -0.39 is 17.7 Å². The van der Waals surface area contributed by atoms with Crippen LogP contribution in [-0.2, 0) is 6.42 Å². The Morgan fingerprint density at radius 2 is 1.90 bits per heavy atom. The van der Waals surface area contributed by atoms with Crippen LogP contribution in [0.5, 0.6) is 11.5 Å². The molecule has 1 amide bonds. The van der Waals surface area contributed by atoms with E-state index in [-0.39, 0.29) is 11.6 Å². The second-order valence-corrected chi connectivity index (χ2v) is 7.64. The fourth-order valence-electron chi connectivity index (χ4n) is 4.20. The van der Waals surface area contributed by atoms with Crippen molar-refractivity contribution < 1.29 is 23.0 Å². The highest BCUT2D eigenvalue weighted by Crippen LogP contribution is 2.34. The van der Waals surface area contributed by atoms with Gasteiger partial charge < -0.3 is 14.4 Å². The molecule has 0 aliphatic carbocycles. The van der Waals surface area contributed by atoms with Crippen molar-refractivity contribution in [2.24, 2.45) is 0 Å². The van der Waals surface area contributed by atoms with Gasteiger partial charge in [-0.15, -0.1) is 5.10 Å². The van der Waals surface area contributed by atoms with Crippen LogP contribution in [-0.4, -0.2) is 45.6 Å². The molecule has 7 nitrogen and oxygen atoms in total. The largest absolute Gasteiger partial charge is 0.486 e. The zero-order valence-electron chi connectivity index (χ0n) is 17.1. The van der Waals surface area contributed by atoms with E-state index in [1.165, 1.54) is 6.07 Å². The molecule has 1 atom stereocenters. The minimum absolute atomic E-state index is 0.196. The second kappa shape index (κ2) is 7.33. The fourth-order valence-corrected chi connectivity index (χ4v) is 4.20. The Labute approximate surface area is 177 Å². The van der Waals surface area contributed by atoms with Gasteiger partial charge in [0.25, 0.3) is 5.91 Å². The van der Waals surface area contributed by atoms with E-state index in [4.69, 9.17) is 9.47 Å². The Morgan fingerprint density at radius 1 is 1.13 bits per heavy atom. The van der Waals surface area contributed by atoms with Crippen molar-refractivity contribution in [2.45, 2.75) is 26.3 Å². The maximum atomic E-state index is 14.1. The number of benzene rings is 2. The van der Waals surface area contributed by atoms with Crippen molar-refractivity contribution in [2.75, 3.05) is 19.8 Å². The van der Waals surface area contributed by atoms with Gasteiger partial charge in [-0.05, 0) is 49.6 Å². The molecule has 2 aromatic carbocycles. The number of ether oxygens (including phenoxy) is 2. The third-order valence-electron chi connectivity index (χ3n) is 5.84. The van der Waals surface area contributed by atoms with Gasteiger partial charge in [0, 0.05) is 18.7 Å². The topological polar surface area (TPSA) is 69.5 Å². The lowest BCUT2D eigenvalue weighted by molar-refractivity contribution is 0.0668. The molecule has 2 aliphatic rings. The standard InChI is InChI=1S/C22H20F2N4O3/c1-12-17-9-14(23)10-18(24)16(17)5-6-27(12)22(29)21-13(2)28(26-25-21)15-3-4-19-20(11-15)31-8-7-30-19/h3-4,9-12H,5-8H2,1-2H3. The average Bonchev–Trinajstić information content (AvgIpc) is 3.15. The smallest absolute Gasteiger partial charge is 0.276 e. The first-order valence-electron chi connectivity index (χ1n) is 10.0. The number of fused-ring (bicyclic) bond motifs is 2. The van der Waals surface area contributed by atoms with E-state index >= 15 is 0 Å². The number of aromatic nitrogens is 3. The first kappa shape index (κ1) is 19.5. The van der Waals surface area contributed by atoms with Gasteiger partial charge in [0.1, 0.15) is 24.8 Å². The number of rotatable bonds is 2. The molecule has 0 radical (unpaired) electrons. The summed E-state index contributed by atoms with van der Waals surface area (Å²) in [6, 6.07) is 7.08. The van der Waals surface area contributed by atoms with E-state index in [1.807, 2.05) is 6.07 Å². The molecule has 0 saturated heterocycles. The lowest BCUT2D eigenvalue weighted by atomic mass is 9.92. The second-order valence-electron chi connectivity index (χ2n) is 7.64. The van der Waals surface area contributed by atoms with Gasteiger partial charge in [0.2, 0.25) is 0 Å². The van der Waals surface area contributed by atoms with Crippen LogP contribution in [0.3, 0.4) is 0 Å². The van der Waals surface area contributed by atoms with Crippen LogP contribution in [0.15, 0.2) is 30.3 Å². The molecule has 1 aromatic heterocycles. The van der Waals surface area contributed by atoms with Gasteiger partial charge in [0.15, 0.2) is 17.2 Å². The van der Waals surface area contributed by atoms with Crippen LogP contribution >= 0.6 is 0 Å². The summed E-state index contributed by atoms with van der Waals surface area (Å²) in [7, 11) is 0. The summed E-state index contributed by atoms with van der Waals surface area (Å²) in [5.41, 5.74) is 2.38. The molecule has 3 heterocycles. The van der Waals surface area contributed by atoms with E-state index in [9.17, 15) is 13.6 Å². The van der Waals surface area contributed by atoms with Crippen molar-refractivity contribution >= 4 is 5.91 Å². The normalized spacial score (nSPS) is 17.4. The molecule has 5 rings (SSSR count). The summed E-state index contributed by atoms with van der Waals surface area (Å²) < 4.78 is 40.6. The lowest BCUT2D eigenvalue weighted by Crippen LogP contribution is -2.39. The van der Waals surface area contributed by atoms with Crippen molar-refractivity contribution in [3.05, 3.63) is 64.5 Å². The number of carbonyl (C=O) groups excluding carboxylic acids is 1. The van der Waals surface area contributed by atoms with Gasteiger partial charge in [-0.3, -0.25) is 4.79 Å². The Kier molecular flexibility index (Phi) is 4.60. The summed E-state index contributed by atoms with van der Waals surface area (Å²) in [4.78, 5) is 14.8. The summed E-state index contributed by atoms with van der Waals surface area (Å²) in [5, 5.41) is 8.26. The SMILES string of the molecule is Cc1c(C(=O)N2CCc3c(F)cc(F)cc3C2C)nnn1-c1ccc2c(c1)OCCO2. The van der Waals surface area contributed by atoms with Crippen LogP contribution in [0.25, 0.3) is 5.69 Å². The molecule has 0 fully saturated rings. The highest BCUT2D eigenvalue weighted by molar-refractivity contribution is 5.93. The summed E-state index contributed by atoms with van der Waals surface area (Å²) in [5.74, 6) is -0.293. The monoisotopic (exact) mass is 426 g/mol. The van der Waals surface area contributed by atoms with Crippen LogP contribution in [0, 0.1) is 18.6 Å². The number of halogens is 2. The van der Waals surface area contributed by atoms with Gasteiger partial charge in [-0.25, -0.2) is 13.5 Å². The number of carbonyl (C=O) groups is 1. The van der Waals surface area contributed by atoms with Gasteiger partial charge >= 0.3 is 0 Å². The van der Waals surface area contributed by atoms with Crippen molar-refractivity contribution in [1.29, 1.82) is 0 Å². The third-order valence-corrected chi connectivity index (χ3v) is 5.84. The molecule has 0 bridgehead atoms. The maximum absolute atomic E-state index is 14.1. The number of hydrogen-bond acceptors (Lipinski definition) is 5. The molecule has 3 aromatic rings. The van der Waals surface area contributed by atoms with Gasteiger partial charge in [-0.2, -0.15) is 0 Å². The molecule has 160 valence electrons. The highest BCUT2D eigenvalue weighted by Gasteiger charge is 2.33. The zero-order valence-corrected chi connectivity index (χ0v) is 17.1. The highest BCUT2D eigenvalue weighted by atomic mass is 19.1. The summed E-state index contributed by atoms with van der Waals surface area (Å²) >= 11 is 0. The Balaban J connectivity index is 1.45. The molecule has 0 spiro atoms. The van der Waals surface area contributed by atoms with Gasteiger partial charge in [-0.1, -0.05) is 5.21 Å². The Hall–Kier alpha value is -3.49. The Bertz CT molecular complexity index is 1190. The first-order chi connectivity index (χ1) is 14.9. The van der Waals surface area contributed by atoms with E-state index in [2.05, 4.69) is 10.3 Å². The molecule has 0 saturated carbocycles. The van der Waals surface area contributed by atoms with Crippen molar-refractivity contribution in [1.82, 2.24) is 19.9 Å². The lowest BCUT2D eigenvalue weighted by Gasteiger charge is -2.35. The van der Waals surface area contributed by atoms with Crippen LogP contribution in [0.2, 0.25) is 0 Å². The molecule has 1 unspecified atom stereocenters. The fraction of sp³-hybridized carbons (Fsp3) is 0.318. The maximum Gasteiger partial charge on any atom is 0.276 e. The third kappa shape index (κ3) is 3.20. The minimum Gasteiger partial charge on any atom is -0.486 e. The molecule has 0 N–H and O–H groups in total.